The van der Waals surface area contributed by atoms with E-state index in [9.17, 15) is 17.4 Å². The lowest BCUT2D eigenvalue weighted by Gasteiger charge is -2.48. The molecule has 4 saturated heterocycles. The van der Waals surface area contributed by atoms with E-state index in [4.69, 9.17) is 4.55 Å². The van der Waals surface area contributed by atoms with Crippen molar-refractivity contribution in [3.63, 3.8) is 0 Å². The summed E-state index contributed by atoms with van der Waals surface area (Å²) >= 11 is -1.76. The van der Waals surface area contributed by atoms with Crippen molar-refractivity contribution >= 4 is 38.3 Å². The summed E-state index contributed by atoms with van der Waals surface area (Å²) in [6, 6.07) is 8.59. The van der Waals surface area contributed by atoms with Crippen LogP contribution >= 0.6 is 0 Å². The summed E-state index contributed by atoms with van der Waals surface area (Å²) in [5.41, 5.74) is 2.24. The highest BCUT2D eigenvalue weighted by atomic mass is 32.2. The lowest BCUT2D eigenvalue weighted by molar-refractivity contribution is 0.153. The highest BCUT2D eigenvalue weighted by molar-refractivity contribution is 7.91. The molecule has 196 valence electrons. The summed E-state index contributed by atoms with van der Waals surface area (Å²) in [6.07, 6.45) is 1.71. The van der Waals surface area contributed by atoms with Gasteiger partial charge in [-0.05, 0) is 48.4 Å². The molecule has 0 saturated carbocycles. The molecule has 1 N–H and O–H groups in total. The van der Waals surface area contributed by atoms with Crippen molar-refractivity contribution in [1.82, 2.24) is 9.80 Å². The fourth-order valence-corrected chi connectivity index (χ4v) is 7.41. The Morgan fingerprint density at radius 3 is 2.40 bits per heavy atom. The molecular formula is C24H38N4O5S2. The summed E-state index contributed by atoms with van der Waals surface area (Å²) in [6.45, 7) is 8.06. The van der Waals surface area contributed by atoms with Gasteiger partial charge < -0.3 is 24.2 Å². The summed E-state index contributed by atoms with van der Waals surface area (Å²) in [4.78, 5) is 21.5. The fraction of sp³-hybridized carbons (Fsp3) is 0.708. The second-order valence-corrected chi connectivity index (χ2v) is 14.2. The number of fused-ring (bicyclic) bond motifs is 4. The Morgan fingerprint density at radius 2 is 1.77 bits per heavy atom. The van der Waals surface area contributed by atoms with Crippen LogP contribution in [0.3, 0.4) is 0 Å². The Kier molecular flexibility index (Phi) is 7.68. The number of hydrogen-bond donors (Lipinski definition) is 1. The number of carbonyl (C=O) groups is 1. The average molecular weight is 527 g/mol. The van der Waals surface area contributed by atoms with Crippen LogP contribution < -0.4 is 9.80 Å². The first-order valence-corrected chi connectivity index (χ1v) is 15.4. The molecule has 2 amide bonds. The van der Waals surface area contributed by atoms with Gasteiger partial charge in [0.1, 0.15) is 0 Å². The van der Waals surface area contributed by atoms with E-state index >= 15 is 0 Å². The smallest absolute Gasteiger partial charge is 0.320 e. The van der Waals surface area contributed by atoms with Crippen LogP contribution in [0.5, 0.6) is 0 Å². The molecule has 4 aliphatic heterocycles. The average Bonchev–Trinajstić information content (AvgIpc) is 3.05. The normalized spacial score (nSPS) is 26.3. The first-order valence-electron chi connectivity index (χ1n) is 12.3. The Balaban J connectivity index is 1.46. The van der Waals surface area contributed by atoms with Gasteiger partial charge in [-0.3, -0.25) is 0 Å². The van der Waals surface area contributed by atoms with Crippen molar-refractivity contribution in [3.8, 4) is 0 Å². The van der Waals surface area contributed by atoms with Crippen molar-refractivity contribution in [1.29, 1.82) is 0 Å². The van der Waals surface area contributed by atoms with Gasteiger partial charge in [-0.1, -0.05) is 13.8 Å². The number of rotatable bonds is 6. The van der Waals surface area contributed by atoms with Gasteiger partial charge in [0.15, 0.2) is 20.9 Å². The van der Waals surface area contributed by atoms with E-state index in [2.05, 4.69) is 47.9 Å². The van der Waals surface area contributed by atoms with Crippen LogP contribution in [0.15, 0.2) is 24.3 Å². The van der Waals surface area contributed by atoms with Crippen LogP contribution in [-0.4, -0.2) is 103 Å². The Morgan fingerprint density at radius 1 is 1.11 bits per heavy atom. The van der Waals surface area contributed by atoms with Crippen LogP contribution in [0.4, 0.5) is 16.2 Å². The van der Waals surface area contributed by atoms with E-state index in [1.54, 1.807) is 4.90 Å². The number of nitrogens with zero attached hydrogens (tertiary/aromatic N) is 4. The number of hydrogen-bond acceptors (Lipinski definition) is 6. The Hall–Kier alpha value is -1.85. The van der Waals surface area contributed by atoms with E-state index in [-0.39, 0.29) is 47.8 Å². The quantitative estimate of drug-likeness (QED) is 0.567. The van der Waals surface area contributed by atoms with E-state index in [0.717, 1.165) is 24.3 Å². The maximum atomic E-state index is 13.3. The number of amides is 2. The standard InChI is InChI=1S/C24H38N4O5S2/c1-24(2)15-19-16-27(23(29)26-10-13-35(32,33)14-11-26)18-22(24)28(17-19)21-7-5-20(6-8-21)25(3)9-4-12-34(30)31/h5-8,19,22H,4,9-18H2,1-3H3,(H,30,31)/t19-,22-/m1/s1. The third kappa shape index (κ3) is 6.11. The number of urea groups is 1. The van der Waals surface area contributed by atoms with Gasteiger partial charge in [0, 0.05) is 57.7 Å². The van der Waals surface area contributed by atoms with Crippen LogP contribution in [-0.2, 0) is 20.9 Å². The summed E-state index contributed by atoms with van der Waals surface area (Å²) < 4.78 is 43.5. The van der Waals surface area contributed by atoms with Gasteiger partial charge in [0.05, 0.1) is 23.3 Å². The van der Waals surface area contributed by atoms with Gasteiger partial charge >= 0.3 is 6.03 Å². The fourth-order valence-electron chi connectivity index (χ4n) is 5.83. The van der Waals surface area contributed by atoms with Crippen molar-refractivity contribution in [2.45, 2.75) is 32.7 Å². The minimum atomic E-state index is -3.03. The Bertz CT molecular complexity index is 1030. The third-order valence-electron chi connectivity index (χ3n) is 7.74. The lowest BCUT2D eigenvalue weighted by atomic mass is 9.73. The first kappa shape index (κ1) is 26.2. The molecular weight excluding hydrogens is 488 g/mol. The molecule has 0 aromatic heterocycles. The number of anilines is 2. The number of sulfone groups is 1. The molecule has 4 aliphatic rings. The molecule has 3 atom stereocenters. The maximum absolute atomic E-state index is 13.3. The monoisotopic (exact) mass is 526 g/mol. The summed E-state index contributed by atoms with van der Waals surface area (Å²) in [5, 5.41) is 0. The minimum Gasteiger partial charge on any atom is -0.375 e. The van der Waals surface area contributed by atoms with Crippen molar-refractivity contribution < 1.29 is 22.0 Å². The maximum Gasteiger partial charge on any atom is 0.320 e. The molecule has 0 aliphatic carbocycles. The molecule has 9 nitrogen and oxygen atoms in total. The van der Waals surface area contributed by atoms with Gasteiger partial charge in [-0.25, -0.2) is 17.4 Å². The highest BCUT2D eigenvalue weighted by Gasteiger charge is 2.47. The summed E-state index contributed by atoms with van der Waals surface area (Å²) in [7, 11) is -1.04. The number of benzene rings is 1. The lowest BCUT2D eigenvalue weighted by Crippen LogP contribution is -2.55. The largest absolute Gasteiger partial charge is 0.375 e. The minimum absolute atomic E-state index is 0.0322. The van der Waals surface area contributed by atoms with Crippen molar-refractivity contribution in [2.24, 2.45) is 11.3 Å². The van der Waals surface area contributed by atoms with Crippen LogP contribution in [0.2, 0.25) is 0 Å². The number of carbonyl (C=O) groups excluding carboxylic acids is 1. The second-order valence-electron chi connectivity index (χ2n) is 10.9. The molecule has 35 heavy (non-hydrogen) atoms. The molecule has 11 heteroatoms. The first-order chi connectivity index (χ1) is 16.4. The molecule has 2 bridgehead atoms. The SMILES string of the molecule is CN(CCCS(=O)O)c1ccc(N2C[C@H]3CN(C(=O)N4CCS(=O)(=O)CC4)C[C@@H]2C(C)(C)C3)cc1. The van der Waals surface area contributed by atoms with Crippen LogP contribution in [0.1, 0.15) is 26.7 Å². The molecule has 0 spiro atoms. The van der Waals surface area contributed by atoms with Gasteiger partial charge in [-0.15, -0.1) is 0 Å². The second kappa shape index (κ2) is 10.3. The zero-order chi connectivity index (χ0) is 25.4. The van der Waals surface area contributed by atoms with E-state index in [0.29, 0.717) is 32.0 Å². The van der Waals surface area contributed by atoms with E-state index < -0.39 is 20.9 Å². The molecule has 4 fully saturated rings. The van der Waals surface area contributed by atoms with Gasteiger partial charge in [0.2, 0.25) is 0 Å². The molecule has 1 aromatic carbocycles. The molecule has 1 unspecified atom stereocenters. The third-order valence-corrected chi connectivity index (χ3v) is 9.99. The van der Waals surface area contributed by atoms with E-state index in [1.165, 1.54) is 0 Å². The topological polar surface area (TPSA) is 101 Å². The highest BCUT2D eigenvalue weighted by Crippen LogP contribution is 2.43. The zero-order valence-corrected chi connectivity index (χ0v) is 22.6. The van der Waals surface area contributed by atoms with E-state index in [1.807, 2.05) is 11.9 Å². The van der Waals surface area contributed by atoms with Crippen molar-refractivity contribution in [3.05, 3.63) is 24.3 Å². The number of piperidine rings is 1. The van der Waals surface area contributed by atoms with Crippen LogP contribution in [0.25, 0.3) is 0 Å². The molecule has 4 heterocycles. The zero-order valence-electron chi connectivity index (χ0n) is 20.9. The predicted octanol–water partition coefficient (Wildman–Crippen LogP) is 2.12. The van der Waals surface area contributed by atoms with Gasteiger partial charge in [-0.2, -0.15) is 0 Å². The van der Waals surface area contributed by atoms with Crippen molar-refractivity contribution in [2.75, 3.05) is 73.4 Å². The molecule has 1 aromatic rings. The Labute approximate surface area is 211 Å². The molecule has 0 radical (unpaired) electrons. The summed E-state index contributed by atoms with van der Waals surface area (Å²) in [5.74, 6) is 0.727. The predicted molar refractivity (Wildman–Crippen MR) is 140 cm³/mol. The van der Waals surface area contributed by atoms with Crippen LogP contribution in [0, 0.1) is 11.3 Å². The molecule has 5 rings (SSSR count). The van der Waals surface area contributed by atoms with Gasteiger partial charge in [0.25, 0.3) is 0 Å².